The van der Waals surface area contributed by atoms with Gasteiger partial charge in [0, 0.05) is 61.8 Å². The average molecular weight is 531 g/mol. The van der Waals surface area contributed by atoms with Crippen molar-refractivity contribution < 1.29 is 0 Å². The van der Waals surface area contributed by atoms with Crippen molar-refractivity contribution in [2.75, 3.05) is 38.0 Å². The number of benzene rings is 4. The maximum atomic E-state index is 3.47. The lowest BCUT2D eigenvalue weighted by molar-refractivity contribution is 1.09. The third-order valence-electron chi connectivity index (χ3n) is 5.95. The van der Waals surface area contributed by atoms with E-state index in [1.807, 2.05) is 28.2 Å². The molecule has 0 amide bonds. The third-order valence-corrected chi connectivity index (χ3v) is 5.95. The van der Waals surface area contributed by atoms with Crippen LogP contribution < -0.4 is 9.80 Å². The Balaban J connectivity index is 0.000000858. The molecular formula is C38H46N2. The maximum Gasteiger partial charge on any atom is 0.0361 e. The highest BCUT2D eigenvalue weighted by atomic mass is 15.1. The van der Waals surface area contributed by atoms with Crippen LogP contribution in [0.3, 0.4) is 0 Å². The molecule has 0 aromatic heterocycles. The van der Waals surface area contributed by atoms with Crippen molar-refractivity contribution in [2.24, 2.45) is 0 Å². The van der Waals surface area contributed by atoms with E-state index in [9.17, 15) is 0 Å². The molecule has 2 nitrogen and oxygen atoms in total. The van der Waals surface area contributed by atoms with E-state index in [2.05, 4.69) is 147 Å². The third kappa shape index (κ3) is 9.25. The van der Waals surface area contributed by atoms with Crippen molar-refractivity contribution in [1.29, 1.82) is 0 Å². The molecule has 2 heteroatoms. The van der Waals surface area contributed by atoms with E-state index in [4.69, 9.17) is 0 Å². The fourth-order valence-electron chi connectivity index (χ4n) is 3.92. The Hall–Kier alpha value is -4.14. The predicted octanol–water partition coefficient (Wildman–Crippen LogP) is 9.17. The van der Waals surface area contributed by atoms with Crippen LogP contribution in [-0.2, 0) is 6.42 Å². The van der Waals surface area contributed by atoms with Gasteiger partial charge in [0.25, 0.3) is 0 Å². The van der Waals surface area contributed by atoms with Crippen molar-refractivity contribution in [3.05, 3.63) is 107 Å². The summed E-state index contributed by atoms with van der Waals surface area (Å²) in [5.74, 6) is 13.6. The first-order chi connectivity index (χ1) is 19.3. The molecule has 4 aromatic carbocycles. The molecule has 4 rings (SSSR count). The Bertz CT molecular complexity index is 1450. The minimum Gasteiger partial charge on any atom is -0.378 e. The van der Waals surface area contributed by atoms with Crippen molar-refractivity contribution >= 4 is 22.1 Å². The van der Waals surface area contributed by atoms with E-state index in [1.54, 1.807) is 0 Å². The van der Waals surface area contributed by atoms with Gasteiger partial charge in [0.05, 0.1) is 0 Å². The standard InChI is InChI=1S/C32H30N2.2C3H8/c1-6-26-23-27(17-11-24-12-18-28(19-13-24)33(2)3)30-9-7-8-10-32(30)31(26)22-16-25-14-20-29(21-15-25)34(4)5;2*1-3-2/h7-10,12-15,18-21,23H,6H2,1-5H3;2*3H2,1-2H3. The van der Waals surface area contributed by atoms with Crippen molar-refractivity contribution in [1.82, 2.24) is 0 Å². The first kappa shape index (κ1) is 32.1. The maximum absolute atomic E-state index is 3.47. The zero-order valence-electron chi connectivity index (χ0n) is 26.0. The predicted molar refractivity (Wildman–Crippen MR) is 179 cm³/mol. The molecule has 0 aliphatic heterocycles. The smallest absolute Gasteiger partial charge is 0.0361 e. The molecule has 0 saturated heterocycles. The topological polar surface area (TPSA) is 6.48 Å². The summed E-state index contributed by atoms with van der Waals surface area (Å²) in [6, 6.07) is 27.4. The number of aryl methyl sites for hydroxylation is 1. The second kappa shape index (κ2) is 16.7. The molecule has 4 aromatic rings. The lowest BCUT2D eigenvalue weighted by Crippen LogP contribution is -2.07. The summed E-state index contributed by atoms with van der Waals surface area (Å²) in [4.78, 5) is 4.19. The van der Waals surface area contributed by atoms with Gasteiger partial charge in [-0.25, -0.2) is 0 Å². The van der Waals surface area contributed by atoms with E-state index in [0.29, 0.717) is 0 Å². The zero-order chi connectivity index (χ0) is 29.5. The summed E-state index contributed by atoms with van der Waals surface area (Å²) >= 11 is 0. The number of anilines is 2. The molecule has 0 N–H and O–H groups in total. The second-order valence-corrected chi connectivity index (χ2v) is 10.2. The quantitative estimate of drug-likeness (QED) is 0.244. The molecule has 0 heterocycles. The van der Waals surface area contributed by atoms with Crippen molar-refractivity contribution in [2.45, 2.75) is 53.9 Å². The Labute approximate surface area is 244 Å². The molecule has 0 aliphatic carbocycles. The van der Waals surface area contributed by atoms with Crippen LogP contribution in [-0.4, -0.2) is 28.2 Å². The van der Waals surface area contributed by atoms with E-state index >= 15 is 0 Å². The van der Waals surface area contributed by atoms with Gasteiger partial charge < -0.3 is 9.80 Å². The van der Waals surface area contributed by atoms with E-state index in [0.717, 1.165) is 39.4 Å². The number of hydrogen-bond donors (Lipinski definition) is 0. The number of rotatable bonds is 3. The van der Waals surface area contributed by atoms with Gasteiger partial charge in [-0.1, -0.05) is 95.4 Å². The highest BCUT2D eigenvalue weighted by Crippen LogP contribution is 2.26. The monoisotopic (exact) mass is 530 g/mol. The van der Waals surface area contributed by atoms with Crippen LogP contribution in [0.2, 0.25) is 0 Å². The van der Waals surface area contributed by atoms with Gasteiger partial charge in [0.15, 0.2) is 0 Å². The van der Waals surface area contributed by atoms with Gasteiger partial charge in [-0.3, -0.25) is 0 Å². The van der Waals surface area contributed by atoms with Gasteiger partial charge >= 0.3 is 0 Å². The van der Waals surface area contributed by atoms with Crippen LogP contribution in [0.4, 0.5) is 11.4 Å². The van der Waals surface area contributed by atoms with E-state index in [-0.39, 0.29) is 0 Å². The SMILES string of the molecule is CCC.CCC.CCc1cc(C#Cc2ccc(N(C)C)cc2)c2ccccc2c1C#Cc1ccc(N(C)C)cc1. The molecule has 208 valence electrons. The second-order valence-electron chi connectivity index (χ2n) is 10.2. The summed E-state index contributed by atoms with van der Waals surface area (Å²) in [6.45, 7) is 10.7. The van der Waals surface area contributed by atoms with Crippen LogP contribution >= 0.6 is 0 Å². The molecule has 0 unspecified atom stereocenters. The van der Waals surface area contributed by atoms with E-state index < -0.39 is 0 Å². The van der Waals surface area contributed by atoms with Crippen LogP contribution in [0.15, 0.2) is 78.9 Å². The number of hydrogen-bond acceptors (Lipinski definition) is 2. The summed E-state index contributed by atoms with van der Waals surface area (Å²) in [5.41, 5.74) is 7.73. The molecule has 0 bridgehead atoms. The Morgan fingerprint density at radius 3 is 1.38 bits per heavy atom. The lowest BCUT2D eigenvalue weighted by atomic mass is 9.93. The molecule has 0 saturated carbocycles. The molecular weight excluding hydrogens is 484 g/mol. The van der Waals surface area contributed by atoms with E-state index in [1.165, 1.54) is 29.8 Å². The summed E-state index contributed by atoms with van der Waals surface area (Å²) < 4.78 is 0. The molecule has 0 spiro atoms. The number of fused-ring (bicyclic) bond motifs is 1. The number of nitrogens with zero attached hydrogens (tertiary/aromatic N) is 2. The Kier molecular flexibility index (Phi) is 13.4. The molecule has 40 heavy (non-hydrogen) atoms. The Morgan fingerprint density at radius 1 is 0.525 bits per heavy atom. The van der Waals surface area contributed by atoms with Crippen molar-refractivity contribution in [3.8, 4) is 23.7 Å². The summed E-state index contributed by atoms with van der Waals surface area (Å²) in [7, 11) is 8.18. The summed E-state index contributed by atoms with van der Waals surface area (Å²) in [6.07, 6.45) is 3.40. The minimum atomic E-state index is 0.903. The van der Waals surface area contributed by atoms with Crippen LogP contribution in [0.1, 0.15) is 75.3 Å². The van der Waals surface area contributed by atoms with Crippen molar-refractivity contribution in [3.63, 3.8) is 0 Å². The first-order valence-electron chi connectivity index (χ1n) is 14.4. The minimum absolute atomic E-state index is 0.903. The van der Waals surface area contributed by atoms with Gasteiger partial charge in [0.2, 0.25) is 0 Å². The fraction of sp³-hybridized carbons (Fsp3) is 0.316. The first-order valence-corrected chi connectivity index (χ1v) is 14.4. The zero-order valence-corrected chi connectivity index (χ0v) is 26.0. The molecule has 0 radical (unpaired) electrons. The average Bonchev–Trinajstić information content (AvgIpc) is 2.96. The van der Waals surface area contributed by atoms with Crippen LogP contribution in [0.5, 0.6) is 0 Å². The van der Waals surface area contributed by atoms with Crippen LogP contribution in [0.25, 0.3) is 10.8 Å². The fourth-order valence-corrected chi connectivity index (χ4v) is 3.92. The molecule has 0 aliphatic rings. The Morgan fingerprint density at radius 2 is 0.950 bits per heavy atom. The van der Waals surface area contributed by atoms with Gasteiger partial charge in [-0.05, 0) is 77.4 Å². The highest BCUT2D eigenvalue weighted by Gasteiger charge is 2.09. The highest BCUT2D eigenvalue weighted by molar-refractivity contribution is 5.94. The molecule has 0 fully saturated rings. The van der Waals surface area contributed by atoms with Crippen LogP contribution in [0, 0.1) is 23.7 Å². The largest absolute Gasteiger partial charge is 0.378 e. The lowest BCUT2D eigenvalue weighted by Gasteiger charge is -2.11. The normalized spacial score (nSPS) is 9.53. The van der Waals surface area contributed by atoms with Gasteiger partial charge in [-0.2, -0.15) is 0 Å². The van der Waals surface area contributed by atoms with Gasteiger partial charge in [0.1, 0.15) is 0 Å². The van der Waals surface area contributed by atoms with Gasteiger partial charge in [-0.15, -0.1) is 0 Å². The molecule has 0 atom stereocenters. The summed E-state index contributed by atoms with van der Waals surface area (Å²) in [5, 5.41) is 2.30.